The van der Waals surface area contributed by atoms with Crippen LogP contribution in [0.25, 0.3) is 0 Å². The summed E-state index contributed by atoms with van der Waals surface area (Å²) in [4.78, 5) is 16.6. The van der Waals surface area contributed by atoms with Crippen LogP contribution in [0.15, 0.2) is 11.5 Å². The molecule has 0 unspecified atom stereocenters. The molecule has 0 spiro atoms. The maximum atomic E-state index is 12.2. The third kappa shape index (κ3) is 2.38. The second-order valence-electron chi connectivity index (χ2n) is 4.77. The van der Waals surface area contributed by atoms with E-state index in [2.05, 4.69) is 10.1 Å². The first-order chi connectivity index (χ1) is 8.13. The molecule has 1 aromatic heterocycles. The summed E-state index contributed by atoms with van der Waals surface area (Å²) in [5, 5.41) is 3.43. The number of carbonyl (C=O) groups is 1. The van der Waals surface area contributed by atoms with Crippen LogP contribution in [0.1, 0.15) is 27.2 Å². The number of hydrogen-bond acceptors (Lipinski definition) is 5. The molecular formula is C10H18N4O3S. The average molecular weight is 274 g/mol. The third-order valence-electron chi connectivity index (χ3n) is 2.87. The Balaban J connectivity index is 3.18. The molecule has 1 aromatic rings. The van der Waals surface area contributed by atoms with Gasteiger partial charge in [-0.25, -0.2) is 18.2 Å². The highest BCUT2D eigenvalue weighted by Crippen LogP contribution is 2.25. The van der Waals surface area contributed by atoms with E-state index in [0.29, 0.717) is 6.42 Å². The molecule has 102 valence electrons. The quantitative estimate of drug-likeness (QED) is 0.812. The van der Waals surface area contributed by atoms with Gasteiger partial charge in [-0.1, -0.05) is 6.92 Å². The van der Waals surface area contributed by atoms with Crippen molar-refractivity contribution in [2.24, 2.45) is 0 Å². The Labute approximate surface area is 107 Å². The minimum Gasteiger partial charge on any atom is -0.329 e. The first-order valence-electron chi connectivity index (χ1n) is 5.51. The van der Waals surface area contributed by atoms with Gasteiger partial charge in [-0.2, -0.15) is 4.68 Å². The van der Waals surface area contributed by atoms with Crippen LogP contribution in [0.5, 0.6) is 0 Å². The van der Waals surface area contributed by atoms with Gasteiger partial charge in [0.1, 0.15) is 6.33 Å². The summed E-state index contributed by atoms with van der Waals surface area (Å²) in [5.74, 6) is 0. The summed E-state index contributed by atoms with van der Waals surface area (Å²) in [6.07, 6.45) is 1.55. The normalized spacial score (nSPS) is 12.5. The average Bonchev–Trinajstić information content (AvgIpc) is 2.77. The Morgan fingerprint density at radius 3 is 2.44 bits per heavy atom. The molecule has 0 aliphatic carbocycles. The molecule has 0 aromatic carbocycles. The maximum Gasteiger partial charge on any atom is 0.345 e. The van der Waals surface area contributed by atoms with Crippen LogP contribution in [0.3, 0.4) is 0 Å². The van der Waals surface area contributed by atoms with Crippen molar-refractivity contribution in [3.8, 4) is 0 Å². The van der Waals surface area contributed by atoms with Crippen LogP contribution in [0, 0.1) is 0 Å². The number of sulfone groups is 1. The van der Waals surface area contributed by atoms with E-state index in [9.17, 15) is 13.2 Å². The molecule has 0 saturated heterocycles. The Kier molecular flexibility index (Phi) is 3.80. The highest BCUT2D eigenvalue weighted by molar-refractivity contribution is 7.92. The van der Waals surface area contributed by atoms with Gasteiger partial charge in [0.2, 0.25) is 9.84 Å². The van der Waals surface area contributed by atoms with Crippen molar-refractivity contribution in [2.45, 2.75) is 37.1 Å². The molecule has 7 nitrogen and oxygen atoms in total. The Hall–Kier alpha value is -1.44. The van der Waals surface area contributed by atoms with Gasteiger partial charge >= 0.3 is 6.03 Å². The van der Waals surface area contributed by atoms with Crippen molar-refractivity contribution < 1.29 is 13.2 Å². The molecule has 18 heavy (non-hydrogen) atoms. The van der Waals surface area contributed by atoms with E-state index in [0.717, 1.165) is 11.0 Å². The highest BCUT2D eigenvalue weighted by Gasteiger charge is 2.37. The van der Waals surface area contributed by atoms with Crippen molar-refractivity contribution >= 4 is 15.9 Å². The number of aromatic nitrogens is 3. The SMILES string of the molecule is CCC(C)(C)S(=O)(=O)c1ncn(C(=O)N(C)C)n1. The molecule has 1 heterocycles. The van der Waals surface area contributed by atoms with E-state index >= 15 is 0 Å². The fraction of sp³-hybridized carbons (Fsp3) is 0.700. The molecule has 1 amide bonds. The number of carbonyl (C=O) groups excluding carboxylic acids is 1. The molecule has 0 aliphatic rings. The lowest BCUT2D eigenvalue weighted by atomic mass is 10.1. The second-order valence-corrected chi connectivity index (χ2v) is 7.24. The Morgan fingerprint density at radius 2 is 2.00 bits per heavy atom. The summed E-state index contributed by atoms with van der Waals surface area (Å²) in [5.41, 5.74) is 0. The van der Waals surface area contributed by atoms with Gasteiger partial charge < -0.3 is 4.90 Å². The van der Waals surface area contributed by atoms with Crippen molar-refractivity contribution in [1.82, 2.24) is 19.7 Å². The van der Waals surface area contributed by atoms with E-state index in [4.69, 9.17) is 0 Å². The van der Waals surface area contributed by atoms with Crippen LogP contribution in [-0.2, 0) is 9.84 Å². The van der Waals surface area contributed by atoms with Gasteiger partial charge in [-0.05, 0) is 20.3 Å². The van der Waals surface area contributed by atoms with Crippen LogP contribution in [0.4, 0.5) is 4.79 Å². The predicted octanol–water partition coefficient (Wildman–Crippen LogP) is 0.770. The van der Waals surface area contributed by atoms with Gasteiger partial charge in [-0.15, -0.1) is 5.10 Å². The van der Waals surface area contributed by atoms with Crippen molar-refractivity contribution in [1.29, 1.82) is 0 Å². The summed E-state index contributed by atoms with van der Waals surface area (Å²) in [7, 11) is -0.541. The fourth-order valence-corrected chi connectivity index (χ4v) is 2.36. The van der Waals surface area contributed by atoms with Crippen molar-refractivity contribution in [2.75, 3.05) is 14.1 Å². The molecule has 0 bridgehead atoms. The van der Waals surface area contributed by atoms with E-state index in [-0.39, 0.29) is 5.16 Å². The number of nitrogens with zero attached hydrogens (tertiary/aromatic N) is 4. The minimum atomic E-state index is -3.64. The summed E-state index contributed by atoms with van der Waals surface area (Å²) >= 11 is 0. The van der Waals surface area contributed by atoms with E-state index < -0.39 is 20.6 Å². The standard InChI is InChI=1S/C10H18N4O3S/c1-6-10(2,3)18(16,17)8-11-7-14(12-8)9(15)13(4)5/h7H,6H2,1-5H3. The molecule has 0 aliphatic heterocycles. The molecule has 0 radical (unpaired) electrons. The minimum absolute atomic E-state index is 0.315. The van der Waals surface area contributed by atoms with E-state index in [1.54, 1.807) is 34.9 Å². The number of hydrogen-bond donors (Lipinski definition) is 0. The molecule has 0 saturated carbocycles. The Morgan fingerprint density at radius 1 is 1.44 bits per heavy atom. The van der Waals surface area contributed by atoms with Gasteiger partial charge in [0, 0.05) is 14.1 Å². The lowest BCUT2D eigenvalue weighted by Gasteiger charge is -2.20. The fourth-order valence-electron chi connectivity index (χ4n) is 1.11. The van der Waals surface area contributed by atoms with Gasteiger partial charge in [0.05, 0.1) is 4.75 Å². The third-order valence-corrected chi connectivity index (χ3v) is 5.28. The predicted molar refractivity (Wildman–Crippen MR) is 66.1 cm³/mol. The largest absolute Gasteiger partial charge is 0.345 e. The maximum absolute atomic E-state index is 12.2. The van der Waals surface area contributed by atoms with Crippen LogP contribution in [0.2, 0.25) is 0 Å². The van der Waals surface area contributed by atoms with Crippen LogP contribution >= 0.6 is 0 Å². The highest BCUT2D eigenvalue weighted by atomic mass is 32.2. The van der Waals surface area contributed by atoms with Crippen molar-refractivity contribution in [3.05, 3.63) is 6.33 Å². The van der Waals surface area contributed by atoms with Crippen LogP contribution in [-0.4, -0.2) is 53.0 Å². The smallest absolute Gasteiger partial charge is 0.329 e. The van der Waals surface area contributed by atoms with Crippen molar-refractivity contribution in [3.63, 3.8) is 0 Å². The number of rotatable bonds is 3. The zero-order valence-corrected chi connectivity index (χ0v) is 12.0. The summed E-state index contributed by atoms with van der Waals surface area (Å²) in [6.45, 7) is 4.99. The van der Waals surface area contributed by atoms with Crippen LogP contribution < -0.4 is 0 Å². The van der Waals surface area contributed by atoms with E-state index in [1.165, 1.54) is 4.90 Å². The second kappa shape index (κ2) is 4.68. The molecular weight excluding hydrogens is 256 g/mol. The first kappa shape index (κ1) is 14.6. The molecule has 0 N–H and O–H groups in total. The summed E-state index contributed by atoms with van der Waals surface area (Å²) < 4.78 is 24.4. The lowest BCUT2D eigenvalue weighted by molar-refractivity contribution is 0.215. The lowest BCUT2D eigenvalue weighted by Crippen LogP contribution is -2.32. The number of amides is 1. The first-order valence-corrected chi connectivity index (χ1v) is 6.99. The zero-order chi connectivity index (χ0) is 14.1. The van der Waals surface area contributed by atoms with Gasteiger partial charge in [0.25, 0.3) is 5.16 Å². The molecule has 8 heteroatoms. The molecule has 1 rings (SSSR count). The summed E-state index contributed by atoms with van der Waals surface area (Å²) in [6, 6.07) is -0.446. The molecule has 0 fully saturated rings. The Bertz CT molecular complexity index is 545. The van der Waals surface area contributed by atoms with Gasteiger partial charge in [0.15, 0.2) is 0 Å². The van der Waals surface area contributed by atoms with Gasteiger partial charge in [-0.3, -0.25) is 0 Å². The monoisotopic (exact) mass is 274 g/mol. The zero-order valence-electron chi connectivity index (χ0n) is 11.2. The van der Waals surface area contributed by atoms with E-state index in [1.807, 2.05) is 0 Å². The molecule has 0 atom stereocenters. The topological polar surface area (TPSA) is 85.2 Å².